The first-order valence-electron chi connectivity index (χ1n) is 13.6. The number of fused-ring (bicyclic) bond motifs is 1. The van der Waals surface area contributed by atoms with E-state index in [9.17, 15) is 22.4 Å². The average Bonchev–Trinajstić information content (AvgIpc) is 2.93. The Morgan fingerprint density at radius 1 is 0.929 bits per heavy atom. The Kier molecular flexibility index (Phi) is 9.40. The summed E-state index contributed by atoms with van der Waals surface area (Å²) in [5.41, 5.74) is 1.02. The number of benzene rings is 3. The lowest BCUT2D eigenvalue weighted by molar-refractivity contribution is -0.140. The average molecular weight is 598 g/mol. The van der Waals surface area contributed by atoms with Gasteiger partial charge in [0.15, 0.2) is 11.5 Å². The molecule has 3 aromatic rings. The molecule has 0 aromatic heterocycles. The van der Waals surface area contributed by atoms with Gasteiger partial charge in [-0.05, 0) is 56.2 Å². The normalized spacial score (nSPS) is 13.6. The molecular formula is C31H36FN3O6S. The minimum atomic E-state index is -3.95. The number of anilines is 1. The summed E-state index contributed by atoms with van der Waals surface area (Å²) in [5.74, 6) is -0.597. The Morgan fingerprint density at radius 2 is 1.57 bits per heavy atom. The predicted octanol–water partition coefficient (Wildman–Crippen LogP) is 3.92. The van der Waals surface area contributed by atoms with Crippen molar-refractivity contribution in [2.75, 3.05) is 30.3 Å². The third-order valence-corrected chi connectivity index (χ3v) is 7.67. The van der Waals surface area contributed by atoms with E-state index in [1.807, 2.05) is 51.1 Å². The zero-order chi connectivity index (χ0) is 30.5. The molecule has 224 valence electrons. The van der Waals surface area contributed by atoms with Gasteiger partial charge in [0, 0.05) is 24.6 Å². The molecule has 3 aromatic carbocycles. The third-order valence-electron chi connectivity index (χ3n) is 6.53. The van der Waals surface area contributed by atoms with Crippen LogP contribution in [0.5, 0.6) is 11.5 Å². The van der Waals surface area contributed by atoms with Gasteiger partial charge in [0.1, 0.15) is 31.6 Å². The highest BCUT2D eigenvalue weighted by Crippen LogP contribution is 2.34. The second-order valence-corrected chi connectivity index (χ2v) is 13.1. The topological polar surface area (TPSA) is 105 Å². The fraction of sp³-hybridized carbons (Fsp3) is 0.355. The SMILES string of the molecule is CC(C)(C)NC(=O)[C@H](Cc1ccccc1)N(Cc1ccc(F)cc1)C(=O)CN(c1ccc2c(c1)OCCO2)S(C)(=O)=O. The highest BCUT2D eigenvalue weighted by Gasteiger charge is 2.34. The number of rotatable bonds is 10. The Bertz CT molecular complexity index is 1510. The van der Waals surface area contributed by atoms with E-state index in [1.165, 1.54) is 35.2 Å². The van der Waals surface area contributed by atoms with Crippen LogP contribution in [0, 0.1) is 5.82 Å². The molecule has 1 heterocycles. The number of nitrogens with one attached hydrogen (secondary N) is 1. The molecule has 0 spiro atoms. The van der Waals surface area contributed by atoms with Crippen molar-refractivity contribution in [2.24, 2.45) is 0 Å². The molecule has 0 aliphatic carbocycles. The summed E-state index contributed by atoms with van der Waals surface area (Å²) in [6.07, 6.45) is 1.19. The second kappa shape index (κ2) is 12.8. The molecule has 42 heavy (non-hydrogen) atoms. The van der Waals surface area contributed by atoms with Gasteiger partial charge in [-0.1, -0.05) is 42.5 Å². The first-order chi connectivity index (χ1) is 19.8. The molecule has 9 nitrogen and oxygen atoms in total. The molecular weight excluding hydrogens is 561 g/mol. The Labute approximate surface area is 246 Å². The number of nitrogens with zero attached hydrogens (tertiary/aromatic N) is 2. The van der Waals surface area contributed by atoms with Crippen molar-refractivity contribution < 1.29 is 31.9 Å². The van der Waals surface area contributed by atoms with E-state index in [4.69, 9.17) is 9.47 Å². The van der Waals surface area contributed by atoms with Crippen LogP contribution in [-0.4, -0.2) is 62.7 Å². The monoisotopic (exact) mass is 597 g/mol. The maximum Gasteiger partial charge on any atom is 0.244 e. The lowest BCUT2D eigenvalue weighted by Gasteiger charge is -2.35. The molecule has 4 rings (SSSR count). The Balaban J connectivity index is 1.74. The van der Waals surface area contributed by atoms with Gasteiger partial charge >= 0.3 is 0 Å². The maximum absolute atomic E-state index is 14.1. The standard InChI is InChI=1S/C31H36FN3O6S/c1-31(2,3)33-30(37)26(18-22-8-6-5-7-9-22)34(20-23-10-12-24(32)13-11-23)29(36)21-35(42(4,38)39)25-14-15-27-28(19-25)41-17-16-40-27/h5-15,19,26H,16-18,20-21H2,1-4H3,(H,33,37)/t26-/m0/s1. The number of carbonyl (C=O) groups excluding carboxylic acids is 2. The van der Waals surface area contributed by atoms with Crippen LogP contribution in [0.25, 0.3) is 0 Å². The summed E-state index contributed by atoms with van der Waals surface area (Å²) < 4.78 is 51.9. The van der Waals surface area contributed by atoms with Crippen LogP contribution < -0.4 is 19.1 Å². The van der Waals surface area contributed by atoms with Crippen molar-refractivity contribution in [3.05, 3.63) is 89.7 Å². The quantitative estimate of drug-likeness (QED) is 0.380. The number of hydrogen-bond donors (Lipinski definition) is 1. The molecule has 0 unspecified atom stereocenters. The fourth-order valence-corrected chi connectivity index (χ4v) is 5.44. The maximum atomic E-state index is 14.1. The summed E-state index contributed by atoms with van der Waals surface area (Å²) in [5, 5.41) is 2.96. The van der Waals surface area contributed by atoms with E-state index in [0.29, 0.717) is 30.3 Å². The van der Waals surface area contributed by atoms with E-state index in [1.54, 1.807) is 12.1 Å². The molecule has 1 aliphatic rings. The summed E-state index contributed by atoms with van der Waals surface area (Å²) >= 11 is 0. The van der Waals surface area contributed by atoms with Crippen LogP contribution in [0.1, 0.15) is 31.9 Å². The number of carbonyl (C=O) groups is 2. The molecule has 0 bridgehead atoms. The van der Waals surface area contributed by atoms with Crippen molar-refractivity contribution in [3.63, 3.8) is 0 Å². The second-order valence-electron chi connectivity index (χ2n) is 11.2. The van der Waals surface area contributed by atoms with E-state index < -0.39 is 45.8 Å². The zero-order valence-electron chi connectivity index (χ0n) is 24.2. The fourth-order valence-electron chi connectivity index (χ4n) is 4.59. The van der Waals surface area contributed by atoms with Crippen LogP contribution in [0.3, 0.4) is 0 Å². The summed E-state index contributed by atoms with van der Waals surface area (Å²) in [6.45, 7) is 5.57. The minimum absolute atomic E-state index is 0.0487. The van der Waals surface area contributed by atoms with E-state index in [0.717, 1.165) is 16.1 Å². The summed E-state index contributed by atoms with van der Waals surface area (Å²) in [6, 6.07) is 18.5. The number of ether oxygens (including phenoxy) is 2. The van der Waals surface area contributed by atoms with Gasteiger partial charge in [-0.2, -0.15) is 0 Å². The predicted molar refractivity (Wildman–Crippen MR) is 158 cm³/mol. The molecule has 0 radical (unpaired) electrons. The van der Waals surface area contributed by atoms with Gasteiger partial charge < -0.3 is 19.7 Å². The van der Waals surface area contributed by atoms with Gasteiger partial charge in [-0.25, -0.2) is 12.8 Å². The van der Waals surface area contributed by atoms with E-state index >= 15 is 0 Å². The largest absolute Gasteiger partial charge is 0.486 e. The molecule has 11 heteroatoms. The van der Waals surface area contributed by atoms with Crippen LogP contribution in [0.2, 0.25) is 0 Å². The zero-order valence-corrected chi connectivity index (χ0v) is 25.0. The van der Waals surface area contributed by atoms with Crippen molar-refractivity contribution in [2.45, 2.75) is 45.3 Å². The minimum Gasteiger partial charge on any atom is -0.486 e. The first-order valence-corrected chi connectivity index (χ1v) is 15.4. The highest BCUT2D eigenvalue weighted by molar-refractivity contribution is 7.92. The summed E-state index contributed by atoms with van der Waals surface area (Å²) in [4.78, 5) is 29.2. The molecule has 0 saturated carbocycles. The third kappa shape index (κ3) is 8.22. The number of amides is 2. The molecule has 1 N–H and O–H groups in total. The molecule has 1 aliphatic heterocycles. The van der Waals surface area contributed by atoms with Gasteiger partial charge in [0.05, 0.1) is 11.9 Å². The van der Waals surface area contributed by atoms with Crippen molar-refractivity contribution in [1.82, 2.24) is 10.2 Å². The van der Waals surface area contributed by atoms with Gasteiger partial charge in [0.25, 0.3) is 0 Å². The van der Waals surface area contributed by atoms with Crippen LogP contribution in [-0.2, 0) is 32.6 Å². The van der Waals surface area contributed by atoms with E-state index in [-0.39, 0.29) is 18.7 Å². The Morgan fingerprint density at radius 3 is 2.19 bits per heavy atom. The Hall–Kier alpha value is -4.12. The molecule has 0 saturated heterocycles. The van der Waals surface area contributed by atoms with Crippen LogP contribution >= 0.6 is 0 Å². The van der Waals surface area contributed by atoms with Crippen LogP contribution in [0.15, 0.2) is 72.8 Å². The molecule has 0 fully saturated rings. The van der Waals surface area contributed by atoms with Gasteiger partial charge in [-0.3, -0.25) is 13.9 Å². The van der Waals surface area contributed by atoms with Crippen molar-refractivity contribution in [3.8, 4) is 11.5 Å². The summed E-state index contributed by atoms with van der Waals surface area (Å²) in [7, 11) is -3.95. The highest BCUT2D eigenvalue weighted by atomic mass is 32.2. The first kappa shape index (κ1) is 30.8. The molecule has 2 amide bonds. The number of halogens is 1. The lowest BCUT2D eigenvalue weighted by atomic mass is 10.0. The van der Waals surface area contributed by atoms with Gasteiger partial charge in [0.2, 0.25) is 21.8 Å². The number of hydrogen-bond acceptors (Lipinski definition) is 6. The smallest absolute Gasteiger partial charge is 0.244 e. The van der Waals surface area contributed by atoms with Crippen molar-refractivity contribution >= 4 is 27.5 Å². The van der Waals surface area contributed by atoms with Crippen LogP contribution in [0.4, 0.5) is 10.1 Å². The molecule has 1 atom stereocenters. The lowest BCUT2D eigenvalue weighted by Crippen LogP contribution is -2.56. The number of sulfonamides is 1. The van der Waals surface area contributed by atoms with Gasteiger partial charge in [-0.15, -0.1) is 0 Å². The van der Waals surface area contributed by atoms with E-state index in [2.05, 4.69) is 5.32 Å². The van der Waals surface area contributed by atoms with Crippen molar-refractivity contribution in [1.29, 1.82) is 0 Å².